The van der Waals surface area contributed by atoms with E-state index in [1.54, 1.807) is 6.07 Å². The van der Waals surface area contributed by atoms with Crippen LogP contribution in [-0.2, 0) is 6.18 Å². The van der Waals surface area contributed by atoms with Crippen molar-refractivity contribution in [3.8, 4) is 11.8 Å². The topological polar surface area (TPSA) is 45.8 Å². The average molecular weight is 405 g/mol. The zero-order valence-electron chi connectivity index (χ0n) is 11.5. The Labute approximate surface area is 140 Å². The molecule has 0 N–H and O–H groups in total. The average Bonchev–Trinajstić information content (AvgIpc) is 3.01. The van der Waals surface area contributed by atoms with Crippen LogP contribution in [0.15, 0.2) is 24.4 Å². The van der Waals surface area contributed by atoms with E-state index in [-0.39, 0.29) is 16.9 Å². The smallest absolute Gasteiger partial charge is 0.318 e. The monoisotopic (exact) mass is 404 g/mol. The van der Waals surface area contributed by atoms with E-state index in [0.717, 1.165) is 22.8 Å². The van der Waals surface area contributed by atoms with Gasteiger partial charge in [-0.2, -0.15) is 18.4 Å². The Morgan fingerprint density at radius 1 is 1.29 bits per heavy atom. The van der Waals surface area contributed by atoms with Gasteiger partial charge in [-0.05, 0) is 18.2 Å². The molecule has 0 radical (unpaired) electrons. The third-order valence-corrected chi connectivity index (χ3v) is 4.61. The van der Waals surface area contributed by atoms with Gasteiger partial charge < -0.3 is 4.57 Å². The SMILES string of the molecule is N#Cc1cc(-n2cc(C(F)(F)F)c3c2C(Br)C(F)C3=O)ccc1F. The number of halogens is 6. The first-order valence-corrected chi connectivity index (χ1v) is 7.43. The first kappa shape index (κ1) is 16.6. The molecule has 2 aromatic rings. The van der Waals surface area contributed by atoms with Gasteiger partial charge in [0.15, 0.2) is 6.17 Å². The highest BCUT2D eigenvalue weighted by Crippen LogP contribution is 2.47. The minimum atomic E-state index is -4.86. The van der Waals surface area contributed by atoms with Crippen LogP contribution in [0.4, 0.5) is 22.0 Å². The molecule has 0 saturated carbocycles. The van der Waals surface area contributed by atoms with E-state index < -0.39 is 39.9 Å². The molecule has 9 heteroatoms. The fourth-order valence-electron chi connectivity index (χ4n) is 2.64. The number of nitrogens with zero attached hydrogens (tertiary/aromatic N) is 2. The molecular formula is C15H6BrF5N2O. The van der Waals surface area contributed by atoms with Crippen molar-refractivity contribution in [2.24, 2.45) is 0 Å². The molecule has 1 aliphatic rings. The van der Waals surface area contributed by atoms with Gasteiger partial charge in [-0.1, -0.05) is 15.9 Å². The first-order chi connectivity index (χ1) is 11.2. The molecule has 3 rings (SSSR count). The molecule has 0 saturated heterocycles. The largest absolute Gasteiger partial charge is 0.418 e. The molecule has 2 unspecified atom stereocenters. The lowest BCUT2D eigenvalue weighted by molar-refractivity contribution is -0.137. The molecule has 24 heavy (non-hydrogen) atoms. The predicted molar refractivity (Wildman–Crippen MR) is 76.3 cm³/mol. The van der Waals surface area contributed by atoms with Crippen molar-refractivity contribution < 1.29 is 26.7 Å². The number of carbonyl (C=O) groups excluding carboxylic acids is 1. The Morgan fingerprint density at radius 3 is 2.54 bits per heavy atom. The summed E-state index contributed by atoms with van der Waals surface area (Å²) in [5.41, 5.74) is -2.59. The lowest BCUT2D eigenvalue weighted by Gasteiger charge is -2.12. The zero-order chi connectivity index (χ0) is 17.8. The second kappa shape index (κ2) is 5.41. The molecule has 3 nitrogen and oxygen atoms in total. The minimum Gasteiger partial charge on any atom is -0.318 e. The van der Waals surface area contributed by atoms with Crippen LogP contribution < -0.4 is 0 Å². The van der Waals surface area contributed by atoms with Gasteiger partial charge in [-0.3, -0.25) is 4.79 Å². The second-order valence-corrected chi connectivity index (χ2v) is 6.10. The summed E-state index contributed by atoms with van der Waals surface area (Å²) in [5.74, 6) is -2.10. The highest BCUT2D eigenvalue weighted by atomic mass is 79.9. The lowest BCUT2D eigenvalue weighted by atomic mass is 10.1. The van der Waals surface area contributed by atoms with Crippen LogP contribution in [0.5, 0.6) is 0 Å². The molecule has 1 heterocycles. The number of carbonyl (C=O) groups is 1. The maximum Gasteiger partial charge on any atom is 0.418 e. The standard InChI is InChI=1S/C15H6BrF5N2O/c16-11-12(18)14(24)10-8(15(19,20)21)5-23(13(10)11)7-1-2-9(17)6(3-7)4-22/h1-3,5,11-12H. The van der Waals surface area contributed by atoms with E-state index >= 15 is 0 Å². The van der Waals surface area contributed by atoms with Crippen LogP contribution in [0.1, 0.15) is 32.0 Å². The van der Waals surface area contributed by atoms with Crippen LogP contribution in [0.3, 0.4) is 0 Å². The summed E-state index contributed by atoms with van der Waals surface area (Å²) in [5, 5.41) is 8.85. The minimum absolute atomic E-state index is 0.0195. The van der Waals surface area contributed by atoms with E-state index in [1.807, 2.05) is 0 Å². The maximum atomic E-state index is 13.9. The molecular weight excluding hydrogens is 399 g/mol. The van der Waals surface area contributed by atoms with Crippen molar-refractivity contribution in [2.45, 2.75) is 17.2 Å². The predicted octanol–water partition coefficient (Wildman–Crippen LogP) is 4.48. The molecule has 0 amide bonds. The molecule has 124 valence electrons. The molecule has 0 aliphatic heterocycles. The van der Waals surface area contributed by atoms with Gasteiger partial charge in [0.25, 0.3) is 0 Å². The van der Waals surface area contributed by atoms with Crippen molar-refractivity contribution in [1.29, 1.82) is 5.26 Å². The van der Waals surface area contributed by atoms with E-state index in [0.29, 0.717) is 6.20 Å². The van der Waals surface area contributed by atoms with Crippen molar-refractivity contribution in [3.05, 3.63) is 52.6 Å². The zero-order valence-corrected chi connectivity index (χ0v) is 13.1. The quantitative estimate of drug-likeness (QED) is 0.519. The molecule has 1 aromatic heterocycles. The number of benzene rings is 1. The van der Waals surface area contributed by atoms with Gasteiger partial charge in [0.2, 0.25) is 5.78 Å². The Hall–Kier alpha value is -2.21. The number of ketones is 1. The summed E-state index contributed by atoms with van der Waals surface area (Å²) in [4.78, 5) is 10.6. The first-order valence-electron chi connectivity index (χ1n) is 6.51. The van der Waals surface area contributed by atoms with Crippen LogP contribution >= 0.6 is 15.9 Å². The third-order valence-electron chi connectivity index (χ3n) is 3.71. The van der Waals surface area contributed by atoms with Crippen LogP contribution in [0, 0.1) is 17.1 Å². The fourth-order valence-corrected chi connectivity index (χ4v) is 3.33. The maximum absolute atomic E-state index is 13.9. The van der Waals surface area contributed by atoms with Crippen molar-refractivity contribution in [1.82, 2.24) is 4.57 Å². The van der Waals surface area contributed by atoms with Gasteiger partial charge in [-0.25, -0.2) is 8.78 Å². The summed E-state index contributed by atoms with van der Waals surface area (Å²) < 4.78 is 67.9. The van der Waals surface area contributed by atoms with Crippen molar-refractivity contribution in [3.63, 3.8) is 0 Å². The van der Waals surface area contributed by atoms with Crippen LogP contribution in [0.25, 0.3) is 5.69 Å². The van der Waals surface area contributed by atoms with Gasteiger partial charge in [-0.15, -0.1) is 0 Å². The Kier molecular flexibility index (Phi) is 3.75. The summed E-state index contributed by atoms with van der Waals surface area (Å²) in [6.45, 7) is 0. The fraction of sp³-hybridized carbons (Fsp3) is 0.200. The summed E-state index contributed by atoms with van der Waals surface area (Å²) in [7, 11) is 0. The van der Waals surface area contributed by atoms with E-state index in [4.69, 9.17) is 5.26 Å². The van der Waals surface area contributed by atoms with Gasteiger partial charge in [0, 0.05) is 11.9 Å². The highest BCUT2D eigenvalue weighted by Gasteiger charge is 2.49. The van der Waals surface area contributed by atoms with Gasteiger partial charge in [0.05, 0.1) is 27.2 Å². The molecule has 1 aliphatic carbocycles. The summed E-state index contributed by atoms with van der Waals surface area (Å²) in [6, 6.07) is 4.67. The lowest BCUT2D eigenvalue weighted by Crippen LogP contribution is -2.16. The normalized spacial score (nSPS) is 20.1. The summed E-state index contributed by atoms with van der Waals surface area (Å²) >= 11 is 2.90. The number of fused-ring (bicyclic) bond motifs is 1. The van der Waals surface area contributed by atoms with Gasteiger partial charge >= 0.3 is 6.18 Å². The van der Waals surface area contributed by atoms with E-state index in [2.05, 4.69) is 15.9 Å². The number of aromatic nitrogens is 1. The van der Waals surface area contributed by atoms with Crippen molar-refractivity contribution in [2.75, 3.05) is 0 Å². The highest BCUT2D eigenvalue weighted by molar-refractivity contribution is 9.09. The van der Waals surface area contributed by atoms with E-state index in [9.17, 15) is 26.7 Å². The Morgan fingerprint density at radius 2 is 1.96 bits per heavy atom. The second-order valence-electron chi connectivity index (χ2n) is 5.11. The van der Waals surface area contributed by atoms with Crippen molar-refractivity contribution >= 4 is 21.7 Å². The summed E-state index contributed by atoms with van der Waals surface area (Å²) in [6.07, 6.45) is -6.36. The number of nitriles is 1. The molecule has 2 atom stereocenters. The third kappa shape index (κ3) is 2.33. The van der Waals surface area contributed by atoms with E-state index in [1.165, 1.54) is 0 Å². The van der Waals surface area contributed by atoms with Crippen LogP contribution in [0.2, 0.25) is 0 Å². The Bertz CT molecular complexity index is 896. The number of rotatable bonds is 1. The molecule has 0 fully saturated rings. The van der Waals surface area contributed by atoms with Crippen LogP contribution in [-0.4, -0.2) is 16.5 Å². The molecule has 0 spiro atoms. The molecule has 1 aromatic carbocycles. The Balaban J connectivity index is 2.30. The number of Topliss-reactive ketones (excluding diaryl/α,β-unsaturated/α-hetero) is 1. The van der Waals surface area contributed by atoms with Gasteiger partial charge in [0.1, 0.15) is 11.9 Å². The molecule has 0 bridgehead atoms. The number of hydrogen-bond acceptors (Lipinski definition) is 2. The number of alkyl halides is 5. The number of hydrogen-bond donors (Lipinski definition) is 0.